The second-order valence-corrected chi connectivity index (χ2v) is 3.91. The lowest BCUT2D eigenvalue weighted by Gasteiger charge is -2.03. The van der Waals surface area contributed by atoms with Gasteiger partial charge in [0, 0.05) is 24.5 Å². The molecule has 0 atom stereocenters. The van der Waals surface area contributed by atoms with E-state index in [0.717, 1.165) is 30.8 Å². The van der Waals surface area contributed by atoms with E-state index < -0.39 is 0 Å². The molecule has 1 N–H and O–H groups in total. The van der Waals surface area contributed by atoms with Gasteiger partial charge in [-0.15, -0.1) is 0 Å². The van der Waals surface area contributed by atoms with Gasteiger partial charge in [-0.1, -0.05) is 5.16 Å². The van der Waals surface area contributed by atoms with Crippen molar-refractivity contribution >= 4 is 5.95 Å². The molecule has 0 spiro atoms. The lowest BCUT2D eigenvalue weighted by atomic mass is 10.1. The van der Waals surface area contributed by atoms with Gasteiger partial charge < -0.3 is 9.84 Å². The van der Waals surface area contributed by atoms with Gasteiger partial charge >= 0.3 is 0 Å². The van der Waals surface area contributed by atoms with Gasteiger partial charge in [0.2, 0.25) is 5.95 Å². The molecule has 0 aliphatic heterocycles. The van der Waals surface area contributed by atoms with Crippen LogP contribution in [-0.4, -0.2) is 21.7 Å². The lowest BCUT2D eigenvalue weighted by Crippen LogP contribution is -2.06. The summed E-state index contributed by atoms with van der Waals surface area (Å²) in [6.45, 7) is 4.76. The van der Waals surface area contributed by atoms with Crippen LogP contribution < -0.4 is 5.32 Å². The van der Waals surface area contributed by atoms with E-state index in [4.69, 9.17) is 4.52 Å². The number of hydrogen-bond donors (Lipinski definition) is 1. The minimum atomic E-state index is 0.672. The molecule has 5 heteroatoms. The quantitative estimate of drug-likeness (QED) is 0.800. The third-order valence-corrected chi connectivity index (χ3v) is 2.63. The van der Waals surface area contributed by atoms with E-state index in [2.05, 4.69) is 20.4 Å². The molecule has 0 aliphatic carbocycles. The fourth-order valence-corrected chi connectivity index (χ4v) is 1.71. The molecule has 0 aliphatic rings. The fourth-order valence-electron chi connectivity index (χ4n) is 1.71. The van der Waals surface area contributed by atoms with Crippen molar-refractivity contribution in [2.45, 2.75) is 26.7 Å². The van der Waals surface area contributed by atoms with Crippen LogP contribution in [0.1, 0.15) is 23.4 Å². The molecule has 2 heterocycles. The van der Waals surface area contributed by atoms with Crippen LogP contribution in [0.4, 0.5) is 5.95 Å². The minimum Gasteiger partial charge on any atom is -0.361 e. The molecular formula is C12H16N4O. The Morgan fingerprint density at radius 3 is 2.65 bits per heavy atom. The lowest BCUT2D eigenvalue weighted by molar-refractivity contribution is 0.392. The van der Waals surface area contributed by atoms with Crippen molar-refractivity contribution in [3.8, 4) is 0 Å². The van der Waals surface area contributed by atoms with Gasteiger partial charge in [0.25, 0.3) is 0 Å². The van der Waals surface area contributed by atoms with Crippen LogP contribution in [-0.2, 0) is 6.42 Å². The van der Waals surface area contributed by atoms with E-state index in [1.165, 1.54) is 5.56 Å². The number of hydrogen-bond acceptors (Lipinski definition) is 5. The van der Waals surface area contributed by atoms with Crippen LogP contribution in [0, 0.1) is 13.8 Å². The Balaban J connectivity index is 1.77. The molecule has 5 nitrogen and oxygen atoms in total. The van der Waals surface area contributed by atoms with E-state index in [0.29, 0.717) is 5.95 Å². The summed E-state index contributed by atoms with van der Waals surface area (Å²) in [6, 6.07) is 1.80. The second kappa shape index (κ2) is 5.43. The van der Waals surface area contributed by atoms with Gasteiger partial charge in [-0.3, -0.25) is 0 Å². The van der Waals surface area contributed by atoms with Gasteiger partial charge in [-0.2, -0.15) is 0 Å². The summed E-state index contributed by atoms with van der Waals surface area (Å²) in [5, 5.41) is 7.11. The van der Waals surface area contributed by atoms with Crippen molar-refractivity contribution in [3.63, 3.8) is 0 Å². The molecule has 2 rings (SSSR count). The Labute approximate surface area is 100 Å². The number of aryl methyl sites for hydroxylation is 2. The number of nitrogens with one attached hydrogen (secondary N) is 1. The summed E-state index contributed by atoms with van der Waals surface area (Å²) in [5.74, 6) is 1.59. The predicted octanol–water partition coefficient (Wildman–Crippen LogP) is 2.13. The summed E-state index contributed by atoms with van der Waals surface area (Å²) >= 11 is 0. The maximum Gasteiger partial charge on any atom is 0.222 e. The van der Waals surface area contributed by atoms with Gasteiger partial charge in [-0.25, -0.2) is 9.97 Å². The van der Waals surface area contributed by atoms with E-state index >= 15 is 0 Å². The highest BCUT2D eigenvalue weighted by molar-refractivity contribution is 5.23. The summed E-state index contributed by atoms with van der Waals surface area (Å²) in [7, 11) is 0. The molecule has 0 fully saturated rings. The first-order valence-electron chi connectivity index (χ1n) is 5.70. The largest absolute Gasteiger partial charge is 0.361 e. The number of nitrogens with zero attached hydrogens (tertiary/aromatic N) is 3. The molecule has 0 amide bonds. The van der Waals surface area contributed by atoms with Crippen LogP contribution in [0.15, 0.2) is 23.0 Å². The standard InChI is InChI=1S/C12H16N4O/c1-9-11(10(2)17-16-9)5-3-6-13-12-14-7-4-8-15-12/h4,7-8H,3,5-6H2,1-2H3,(H,13,14,15). The first-order valence-corrected chi connectivity index (χ1v) is 5.70. The number of rotatable bonds is 5. The van der Waals surface area contributed by atoms with Gasteiger partial charge in [0.1, 0.15) is 5.76 Å². The first-order chi connectivity index (χ1) is 8.27. The molecule has 0 aromatic carbocycles. The Bertz CT molecular complexity index is 447. The Kier molecular flexibility index (Phi) is 3.69. The smallest absolute Gasteiger partial charge is 0.222 e. The Hall–Kier alpha value is -1.91. The molecule has 0 radical (unpaired) electrons. The highest BCUT2D eigenvalue weighted by atomic mass is 16.5. The van der Waals surface area contributed by atoms with E-state index in [1.54, 1.807) is 18.5 Å². The van der Waals surface area contributed by atoms with Gasteiger partial charge in [-0.05, 0) is 32.8 Å². The zero-order valence-corrected chi connectivity index (χ0v) is 10.1. The molecule has 0 unspecified atom stereocenters. The highest BCUT2D eigenvalue weighted by Crippen LogP contribution is 2.14. The summed E-state index contributed by atoms with van der Waals surface area (Å²) in [4.78, 5) is 8.19. The van der Waals surface area contributed by atoms with Crippen LogP contribution >= 0.6 is 0 Å². The first kappa shape index (κ1) is 11.6. The van der Waals surface area contributed by atoms with Crippen LogP contribution in [0.25, 0.3) is 0 Å². The van der Waals surface area contributed by atoms with Crippen molar-refractivity contribution in [2.75, 3.05) is 11.9 Å². The molecule has 0 bridgehead atoms. The van der Waals surface area contributed by atoms with Crippen molar-refractivity contribution in [1.29, 1.82) is 0 Å². The van der Waals surface area contributed by atoms with E-state index in [1.807, 2.05) is 13.8 Å². The highest BCUT2D eigenvalue weighted by Gasteiger charge is 2.07. The van der Waals surface area contributed by atoms with Gasteiger partial charge in [0.05, 0.1) is 5.69 Å². The van der Waals surface area contributed by atoms with Gasteiger partial charge in [0.15, 0.2) is 0 Å². The molecule has 17 heavy (non-hydrogen) atoms. The van der Waals surface area contributed by atoms with E-state index in [-0.39, 0.29) is 0 Å². The van der Waals surface area contributed by atoms with E-state index in [9.17, 15) is 0 Å². The number of aromatic nitrogens is 3. The summed E-state index contributed by atoms with van der Waals surface area (Å²) < 4.78 is 5.12. The third-order valence-electron chi connectivity index (χ3n) is 2.63. The average molecular weight is 232 g/mol. The second-order valence-electron chi connectivity index (χ2n) is 3.91. The van der Waals surface area contributed by atoms with Crippen LogP contribution in [0.2, 0.25) is 0 Å². The Morgan fingerprint density at radius 2 is 2.00 bits per heavy atom. The predicted molar refractivity (Wildman–Crippen MR) is 64.8 cm³/mol. The maximum absolute atomic E-state index is 5.12. The summed E-state index contributed by atoms with van der Waals surface area (Å²) in [6.07, 6.45) is 5.41. The van der Waals surface area contributed by atoms with Crippen molar-refractivity contribution in [3.05, 3.63) is 35.5 Å². The molecular weight excluding hydrogens is 216 g/mol. The van der Waals surface area contributed by atoms with Crippen molar-refractivity contribution in [1.82, 2.24) is 15.1 Å². The summed E-state index contributed by atoms with van der Waals surface area (Å²) in [5.41, 5.74) is 2.19. The molecule has 0 saturated carbocycles. The normalized spacial score (nSPS) is 10.5. The maximum atomic E-state index is 5.12. The Morgan fingerprint density at radius 1 is 1.24 bits per heavy atom. The SMILES string of the molecule is Cc1noc(C)c1CCCNc1ncccn1. The third kappa shape index (κ3) is 3.03. The zero-order chi connectivity index (χ0) is 12.1. The average Bonchev–Trinajstić information content (AvgIpc) is 2.67. The molecule has 2 aromatic heterocycles. The number of anilines is 1. The minimum absolute atomic E-state index is 0.672. The monoisotopic (exact) mass is 232 g/mol. The molecule has 2 aromatic rings. The van der Waals surface area contributed by atoms with Crippen LogP contribution in [0.5, 0.6) is 0 Å². The zero-order valence-electron chi connectivity index (χ0n) is 10.1. The van der Waals surface area contributed by atoms with Crippen molar-refractivity contribution < 1.29 is 4.52 Å². The fraction of sp³-hybridized carbons (Fsp3) is 0.417. The molecule has 90 valence electrons. The van der Waals surface area contributed by atoms with Crippen molar-refractivity contribution in [2.24, 2.45) is 0 Å². The topological polar surface area (TPSA) is 63.8 Å². The van der Waals surface area contributed by atoms with Crippen LogP contribution in [0.3, 0.4) is 0 Å². The molecule has 0 saturated heterocycles.